The van der Waals surface area contributed by atoms with E-state index >= 15 is 0 Å². The molecule has 0 bridgehead atoms. The summed E-state index contributed by atoms with van der Waals surface area (Å²) in [7, 11) is -2.67. The number of nitrogens with zero attached hydrogens (tertiary/aromatic N) is 2. The van der Waals surface area contributed by atoms with Gasteiger partial charge in [0.25, 0.3) is 15.9 Å². The standard InChI is InChI=1S/C22H27N3O6S/c1-15-9-11-17(12-10-15)32(29,30)25(18-7-5-6-8-19(18)31-4)14-16(26)13-24-20(27)22(2,3)23-21(24)28/h5-12,16,26H,13-14H2,1-4H3,(H,23,28)/t16-/m0/s1. The number of hydrogen-bond donors (Lipinski definition) is 2. The molecule has 0 radical (unpaired) electrons. The molecule has 0 saturated carbocycles. The van der Waals surface area contributed by atoms with Crippen molar-refractivity contribution in [3.63, 3.8) is 0 Å². The fraction of sp³-hybridized carbons (Fsp3) is 0.364. The number of nitrogens with one attached hydrogen (secondary N) is 1. The van der Waals surface area contributed by atoms with Gasteiger partial charge in [-0.15, -0.1) is 0 Å². The molecule has 1 heterocycles. The summed E-state index contributed by atoms with van der Waals surface area (Å²) in [6.07, 6.45) is -1.34. The SMILES string of the molecule is COc1ccccc1N(C[C@@H](O)CN1C(=O)NC(C)(C)C1=O)S(=O)(=O)c1ccc(C)cc1. The summed E-state index contributed by atoms with van der Waals surface area (Å²) in [5.74, 6) is -0.196. The number of aliphatic hydroxyl groups excluding tert-OH is 1. The Bertz CT molecular complexity index is 1110. The Morgan fingerprint density at radius 3 is 2.31 bits per heavy atom. The lowest BCUT2D eigenvalue weighted by Crippen LogP contribution is -2.45. The van der Waals surface area contributed by atoms with Gasteiger partial charge in [-0.25, -0.2) is 13.2 Å². The lowest BCUT2D eigenvalue weighted by Gasteiger charge is -2.29. The molecule has 1 atom stereocenters. The van der Waals surface area contributed by atoms with E-state index in [4.69, 9.17) is 4.74 Å². The maximum atomic E-state index is 13.5. The van der Waals surface area contributed by atoms with Crippen LogP contribution in [0.25, 0.3) is 0 Å². The molecule has 1 aliphatic rings. The van der Waals surface area contributed by atoms with E-state index in [1.807, 2.05) is 6.92 Å². The number of benzene rings is 2. The number of methoxy groups -OCH3 is 1. The summed E-state index contributed by atoms with van der Waals surface area (Å²) in [6, 6.07) is 12.2. The average Bonchev–Trinajstić information content (AvgIpc) is 2.93. The minimum Gasteiger partial charge on any atom is -0.495 e. The molecule has 172 valence electrons. The first-order valence-electron chi connectivity index (χ1n) is 10.0. The summed E-state index contributed by atoms with van der Waals surface area (Å²) in [5.41, 5.74) is 0.0359. The molecule has 3 amide bonds. The Morgan fingerprint density at radius 2 is 1.75 bits per heavy atom. The summed E-state index contributed by atoms with van der Waals surface area (Å²) in [4.78, 5) is 25.6. The molecular formula is C22H27N3O6S. The third-order valence-corrected chi connectivity index (χ3v) is 6.97. The molecule has 3 rings (SSSR count). The first kappa shape index (κ1) is 23.6. The van der Waals surface area contributed by atoms with Gasteiger partial charge in [-0.05, 0) is 45.0 Å². The zero-order valence-electron chi connectivity index (χ0n) is 18.4. The molecular weight excluding hydrogens is 434 g/mol. The number of amides is 3. The second-order valence-electron chi connectivity index (χ2n) is 8.15. The number of para-hydroxylation sites is 2. The smallest absolute Gasteiger partial charge is 0.325 e. The van der Waals surface area contributed by atoms with Crippen LogP contribution in [0.5, 0.6) is 5.75 Å². The molecule has 10 heteroatoms. The molecule has 2 aromatic rings. The summed E-state index contributed by atoms with van der Waals surface area (Å²) in [5, 5.41) is 13.3. The molecule has 1 aliphatic heterocycles. The number of aliphatic hydroxyl groups is 1. The number of sulfonamides is 1. The molecule has 0 aromatic heterocycles. The van der Waals surface area contributed by atoms with Gasteiger partial charge in [0.05, 0.1) is 36.9 Å². The van der Waals surface area contributed by atoms with Gasteiger partial charge in [-0.1, -0.05) is 29.8 Å². The summed E-state index contributed by atoms with van der Waals surface area (Å²) in [6.45, 7) is 4.21. The van der Waals surface area contributed by atoms with Gasteiger partial charge >= 0.3 is 6.03 Å². The van der Waals surface area contributed by atoms with Gasteiger partial charge < -0.3 is 15.2 Å². The van der Waals surface area contributed by atoms with E-state index in [0.29, 0.717) is 5.75 Å². The molecule has 1 fully saturated rings. The minimum atomic E-state index is -4.09. The van der Waals surface area contributed by atoms with Crippen molar-refractivity contribution in [2.24, 2.45) is 0 Å². The number of rotatable bonds is 8. The fourth-order valence-electron chi connectivity index (χ4n) is 3.44. The highest BCUT2D eigenvalue weighted by molar-refractivity contribution is 7.92. The zero-order valence-corrected chi connectivity index (χ0v) is 19.2. The van der Waals surface area contributed by atoms with Crippen LogP contribution in [0.3, 0.4) is 0 Å². The Labute approximate surface area is 187 Å². The van der Waals surface area contributed by atoms with Crippen LogP contribution in [0.15, 0.2) is 53.4 Å². The molecule has 0 spiro atoms. The van der Waals surface area contributed by atoms with Crippen molar-refractivity contribution in [3.8, 4) is 5.75 Å². The Hall–Kier alpha value is -3.11. The average molecular weight is 462 g/mol. The molecule has 9 nitrogen and oxygen atoms in total. The predicted octanol–water partition coefficient (Wildman–Crippen LogP) is 1.89. The van der Waals surface area contributed by atoms with Crippen LogP contribution in [0.1, 0.15) is 19.4 Å². The van der Waals surface area contributed by atoms with Crippen LogP contribution in [0, 0.1) is 6.92 Å². The normalized spacial score (nSPS) is 16.6. The van der Waals surface area contributed by atoms with Gasteiger partial charge in [0.1, 0.15) is 11.3 Å². The van der Waals surface area contributed by atoms with Gasteiger partial charge in [-0.2, -0.15) is 0 Å². The van der Waals surface area contributed by atoms with Gasteiger partial charge in [0, 0.05) is 0 Å². The number of aryl methyl sites for hydroxylation is 1. The fourth-order valence-corrected chi connectivity index (χ4v) is 4.96. The van der Waals surface area contributed by atoms with Crippen LogP contribution in [0.4, 0.5) is 10.5 Å². The number of ether oxygens (including phenoxy) is 1. The van der Waals surface area contributed by atoms with Gasteiger partial charge in [0.2, 0.25) is 0 Å². The van der Waals surface area contributed by atoms with E-state index in [2.05, 4.69) is 5.32 Å². The third-order valence-electron chi connectivity index (χ3n) is 5.18. The number of hydrogen-bond acceptors (Lipinski definition) is 6. The topological polar surface area (TPSA) is 116 Å². The van der Waals surface area contributed by atoms with E-state index in [-0.39, 0.29) is 17.1 Å². The van der Waals surface area contributed by atoms with Crippen molar-refractivity contribution < 1.29 is 27.9 Å². The molecule has 2 aromatic carbocycles. The number of anilines is 1. The molecule has 32 heavy (non-hydrogen) atoms. The highest BCUT2D eigenvalue weighted by Crippen LogP contribution is 2.32. The van der Waals surface area contributed by atoms with Crippen molar-refractivity contribution in [2.45, 2.75) is 37.3 Å². The summed E-state index contributed by atoms with van der Waals surface area (Å²) >= 11 is 0. The second kappa shape index (κ2) is 8.79. The number of carbonyl (C=O) groups is 2. The van der Waals surface area contributed by atoms with E-state index in [1.54, 1.807) is 50.2 Å². The van der Waals surface area contributed by atoms with E-state index in [1.165, 1.54) is 19.2 Å². The largest absolute Gasteiger partial charge is 0.495 e. The van der Waals surface area contributed by atoms with Gasteiger partial charge in [-0.3, -0.25) is 14.0 Å². The molecule has 0 aliphatic carbocycles. The quantitative estimate of drug-likeness (QED) is 0.580. The van der Waals surface area contributed by atoms with E-state index in [9.17, 15) is 23.1 Å². The van der Waals surface area contributed by atoms with Crippen LogP contribution < -0.4 is 14.4 Å². The molecule has 1 saturated heterocycles. The van der Waals surface area contributed by atoms with Crippen LogP contribution in [-0.4, -0.2) is 62.2 Å². The van der Waals surface area contributed by atoms with Crippen molar-refractivity contribution in [2.75, 3.05) is 24.5 Å². The van der Waals surface area contributed by atoms with Crippen LogP contribution in [0.2, 0.25) is 0 Å². The Morgan fingerprint density at radius 1 is 1.12 bits per heavy atom. The maximum Gasteiger partial charge on any atom is 0.325 e. The van der Waals surface area contributed by atoms with Gasteiger partial charge in [0.15, 0.2) is 0 Å². The lowest BCUT2D eigenvalue weighted by molar-refractivity contribution is -0.131. The number of imide groups is 1. The molecule has 0 unspecified atom stereocenters. The predicted molar refractivity (Wildman–Crippen MR) is 119 cm³/mol. The minimum absolute atomic E-state index is 0.0392. The highest BCUT2D eigenvalue weighted by atomic mass is 32.2. The van der Waals surface area contributed by atoms with E-state index < -0.39 is 40.1 Å². The van der Waals surface area contributed by atoms with Crippen LogP contribution in [-0.2, 0) is 14.8 Å². The maximum absolute atomic E-state index is 13.5. The van der Waals surface area contributed by atoms with Crippen molar-refractivity contribution in [3.05, 3.63) is 54.1 Å². The first-order valence-corrected chi connectivity index (χ1v) is 11.5. The zero-order chi connectivity index (χ0) is 23.7. The third kappa shape index (κ3) is 4.56. The number of β-amino-alcohol motifs (C(OH)–C–C–N with tert-alkyl or cyclic N) is 1. The van der Waals surface area contributed by atoms with Crippen molar-refractivity contribution in [1.82, 2.24) is 10.2 Å². The first-order chi connectivity index (χ1) is 15.0. The number of urea groups is 1. The van der Waals surface area contributed by atoms with Crippen molar-refractivity contribution in [1.29, 1.82) is 0 Å². The van der Waals surface area contributed by atoms with E-state index in [0.717, 1.165) is 14.8 Å². The Kier molecular flexibility index (Phi) is 6.47. The number of carbonyl (C=O) groups excluding carboxylic acids is 2. The summed E-state index contributed by atoms with van der Waals surface area (Å²) < 4.78 is 33.4. The molecule has 2 N–H and O–H groups in total. The van der Waals surface area contributed by atoms with Crippen molar-refractivity contribution >= 4 is 27.6 Å². The lowest BCUT2D eigenvalue weighted by atomic mass is 10.1. The Balaban J connectivity index is 1.95. The monoisotopic (exact) mass is 461 g/mol. The second-order valence-corrected chi connectivity index (χ2v) is 10.0. The van der Waals surface area contributed by atoms with Crippen LogP contribution >= 0.6 is 0 Å². The highest BCUT2D eigenvalue weighted by Gasteiger charge is 2.45.